The molecule has 28 heavy (non-hydrogen) atoms. The first-order valence-electron chi connectivity index (χ1n) is 10.5. The quantitative estimate of drug-likeness (QED) is 0.409. The van der Waals surface area contributed by atoms with E-state index in [2.05, 4.69) is 53.7 Å². The fourth-order valence-electron chi connectivity index (χ4n) is 3.54. The topological polar surface area (TPSA) is 55.8 Å². The van der Waals surface area contributed by atoms with E-state index in [-0.39, 0.29) is 30.0 Å². The number of benzene rings is 1. The molecule has 0 fully saturated rings. The number of aliphatic hydroxyl groups excluding tert-OH is 1. The number of aryl methyl sites for hydroxylation is 1. The van der Waals surface area contributed by atoms with Crippen LogP contribution in [0, 0.1) is 0 Å². The highest BCUT2D eigenvalue weighted by Gasteiger charge is 2.30. The normalized spacial score (nSPS) is 12.1. The summed E-state index contributed by atoms with van der Waals surface area (Å²) in [5.74, 6) is 0.700. The van der Waals surface area contributed by atoms with Gasteiger partial charge in [0.25, 0.3) is 0 Å². The first kappa shape index (κ1) is 24.5. The summed E-state index contributed by atoms with van der Waals surface area (Å²) in [6.45, 7) is 13.3. The van der Waals surface area contributed by atoms with Crippen LogP contribution in [-0.4, -0.2) is 31.4 Å². The van der Waals surface area contributed by atoms with E-state index < -0.39 is 0 Å². The van der Waals surface area contributed by atoms with Crippen LogP contribution in [0.1, 0.15) is 90.3 Å². The van der Waals surface area contributed by atoms with E-state index in [0.29, 0.717) is 12.8 Å². The van der Waals surface area contributed by atoms with E-state index in [1.54, 1.807) is 7.11 Å². The Balaban J connectivity index is 3.26. The van der Waals surface area contributed by atoms with Crippen molar-refractivity contribution in [2.24, 2.45) is 0 Å². The van der Waals surface area contributed by atoms with Crippen molar-refractivity contribution < 1.29 is 19.4 Å². The molecule has 1 aromatic carbocycles. The molecule has 0 spiro atoms. The van der Waals surface area contributed by atoms with E-state index in [1.807, 2.05) is 0 Å². The minimum Gasteiger partial charge on any atom is -0.496 e. The lowest BCUT2D eigenvalue weighted by Crippen LogP contribution is -2.22. The molecular formula is C24H40O4. The van der Waals surface area contributed by atoms with Crippen molar-refractivity contribution in [3.05, 3.63) is 28.8 Å². The van der Waals surface area contributed by atoms with E-state index in [0.717, 1.165) is 17.7 Å². The van der Waals surface area contributed by atoms with Crippen molar-refractivity contribution in [2.45, 2.75) is 90.9 Å². The van der Waals surface area contributed by atoms with E-state index in [9.17, 15) is 4.79 Å². The third-order valence-electron chi connectivity index (χ3n) is 5.27. The second-order valence-corrected chi connectivity index (χ2v) is 9.26. The standard InChI is InChI=1S/C24H40O4/c1-8-9-10-13-24(5,6)20-17-18(11-12-21(26)28-15-14-25)16-19(22(20)27-7)23(2,3)4/h16-17,25H,8-15H2,1-7H3. The van der Waals surface area contributed by atoms with Crippen molar-refractivity contribution in [1.82, 2.24) is 0 Å². The largest absolute Gasteiger partial charge is 0.496 e. The Hall–Kier alpha value is -1.55. The second-order valence-electron chi connectivity index (χ2n) is 9.26. The molecule has 1 aromatic rings. The van der Waals surface area contributed by atoms with Gasteiger partial charge in [-0.15, -0.1) is 0 Å². The maximum absolute atomic E-state index is 11.9. The molecule has 1 N–H and O–H groups in total. The lowest BCUT2D eigenvalue weighted by Gasteiger charge is -2.32. The molecule has 160 valence electrons. The van der Waals surface area contributed by atoms with Crippen LogP contribution in [0.5, 0.6) is 5.75 Å². The number of carbonyl (C=O) groups excluding carboxylic acids is 1. The van der Waals surface area contributed by atoms with E-state index >= 15 is 0 Å². The van der Waals surface area contributed by atoms with Crippen LogP contribution in [0.3, 0.4) is 0 Å². The van der Waals surface area contributed by atoms with Gasteiger partial charge >= 0.3 is 5.97 Å². The van der Waals surface area contributed by atoms with Crippen LogP contribution in [0.25, 0.3) is 0 Å². The number of methoxy groups -OCH3 is 1. The summed E-state index contributed by atoms with van der Waals surface area (Å²) in [4.78, 5) is 11.9. The van der Waals surface area contributed by atoms with Gasteiger partial charge in [-0.1, -0.05) is 72.9 Å². The Morgan fingerprint density at radius 2 is 1.71 bits per heavy atom. The van der Waals surface area contributed by atoms with Crippen molar-refractivity contribution in [3.63, 3.8) is 0 Å². The number of hydrogen-bond donors (Lipinski definition) is 1. The number of carbonyl (C=O) groups is 1. The smallest absolute Gasteiger partial charge is 0.306 e. The maximum Gasteiger partial charge on any atom is 0.306 e. The molecule has 0 aromatic heterocycles. The predicted octanol–water partition coefficient (Wildman–Crippen LogP) is 5.32. The molecule has 0 unspecified atom stereocenters. The van der Waals surface area contributed by atoms with Crippen LogP contribution >= 0.6 is 0 Å². The highest BCUT2D eigenvalue weighted by molar-refractivity contribution is 5.69. The first-order chi connectivity index (χ1) is 13.1. The molecule has 0 aliphatic rings. The molecule has 0 saturated carbocycles. The van der Waals surface area contributed by atoms with Crippen molar-refractivity contribution in [1.29, 1.82) is 0 Å². The van der Waals surface area contributed by atoms with Gasteiger partial charge in [-0.05, 0) is 29.2 Å². The maximum atomic E-state index is 11.9. The number of ether oxygens (including phenoxy) is 2. The molecule has 4 heteroatoms. The minimum atomic E-state index is -0.272. The Labute approximate surface area is 171 Å². The minimum absolute atomic E-state index is 0.00603. The fourth-order valence-corrected chi connectivity index (χ4v) is 3.54. The summed E-state index contributed by atoms with van der Waals surface area (Å²) in [6, 6.07) is 4.38. The molecule has 0 bridgehead atoms. The lowest BCUT2D eigenvalue weighted by molar-refractivity contribution is -0.144. The van der Waals surface area contributed by atoms with Gasteiger partial charge in [0.15, 0.2) is 0 Å². The molecule has 0 atom stereocenters. The Bertz CT molecular complexity index is 626. The zero-order chi connectivity index (χ0) is 21.4. The summed E-state index contributed by atoms with van der Waals surface area (Å²) >= 11 is 0. The molecule has 0 aliphatic heterocycles. The lowest BCUT2D eigenvalue weighted by atomic mass is 9.75. The summed E-state index contributed by atoms with van der Waals surface area (Å²) in [5.41, 5.74) is 3.46. The number of rotatable bonds is 11. The average molecular weight is 393 g/mol. The van der Waals surface area contributed by atoms with Gasteiger partial charge in [0.1, 0.15) is 12.4 Å². The monoisotopic (exact) mass is 392 g/mol. The molecule has 0 amide bonds. The van der Waals surface area contributed by atoms with E-state index in [1.165, 1.54) is 30.4 Å². The van der Waals surface area contributed by atoms with Crippen LogP contribution in [0.2, 0.25) is 0 Å². The van der Waals surface area contributed by atoms with Crippen LogP contribution in [0.4, 0.5) is 0 Å². The number of unbranched alkanes of at least 4 members (excludes halogenated alkanes) is 2. The molecule has 1 rings (SSSR count). The first-order valence-corrected chi connectivity index (χ1v) is 10.5. The van der Waals surface area contributed by atoms with Gasteiger partial charge < -0.3 is 14.6 Å². The molecule has 0 saturated heterocycles. The molecule has 0 heterocycles. The second kappa shape index (κ2) is 10.8. The van der Waals surface area contributed by atoms with Crippen molar-refractivity contribution >= 4 is 5.97 Å². The summed E-state index contributed by atoms with van der Waals surface area (Å²) < 4.78 is 10.9. The summed E-state index contributed by atoms with van der Waals surface area (Å²) in [7, 11) is 1.75. The zero-order valence-electron chi connectivity index (χ0n) is 19.0. The molecular weight excluding hydrogens is 352 g/mol. The van der Waals surface area contributed by atoms with Gasteiger partial charge in [0.2, 0.25) is 0 Å². The Morgan fingerprint density at radius 1 is 1.07 bits per heavy atom. The molecule has 4 nitrogen and oxygen atoms in total. The summed E-state index contributed by atoms with van der Waals surface area (Å²) in [5, 5.41) is 8.81. The van der Waals surface area contributed by atoms with E-state index in [4.69, 9.17) is 14.6 Å². The number of aliphatic hydroxyl groups is 1. The summed E-state index contributed by atoms with van der Waals surface area (Å²) in [6.07, 6.45) is 5.66. The third kappa shape index (κ3) is 7.12. The number of esters is 1. The average Bonchev–Trinajstić information content (AvgIpc) is 2.63. The Kier molecular flexibility index (Phi) is 9.49. The molecule has 0 aliphatic carbocycles. The zero-order valence-corrected chi connectivity index (χ0v) is 19.0. The van der Waals surface area contributed by atoms with Crippen molar-refractivity contribution in [2.75, 3.05) is 20.3 Å². The van der Waals surface area contributed by atoms with Gasteiger partial charge in [0, 0.05) is 17.5 Å². The number of hydrogen-bond acceptors (Lipinski definition) is 4. The van der Waals surface area contributed by atoms with Crippen molar-refractivity contribution in [3.8, 4) is 5.75 Å². The van der Waals surface area contributed by atoms with Crippen LogP contribution in [-0.2, 0) is 26.8 Å². The van der Waals surface area contributed by atoms with Gasteiger partial charge in [-0.3, -0.25) is 4.79 Å². The fraction of sp³-hybridized carbons (Fsp3) is 0.708. The van der Waals surface area contributed by atoms with Gasteiger partial charge in [0.05, 0.1) is 13.7 Å². The predicted molar refractivity (Wildman–Crippen MR) is 115 cm³/mol. The van der Waals surface area contributed by atoms with Gasteiger partial charge in [-0.25, -0.2) is 0 Å². The van der Waals surface area contributed by atoms with Crippen LogP contribution < -0.4 is 4.74 Å². The Morgan fingerprint density at radius 3 is 2.25 bits per heavy atom. The molecule has 0 radical (unpaired) electrons. The third-order valence-corrected chi connectivity index (χ3v) is 5.27. The highest BCUT2D eigenvalue weighted by atomic mass is 16.5. The van der Waals surface area contributed by atoms with Gasteiger partial charge in [-0.2, -0.15) is 0 Å². The SMILES string of the molecule is CCCCCC(C)(C)c1cc(CCC(=O)OCCO)cc(C(C)(C)C)c1OC. The van der Waals surface area contributed by atoms with Crippen LogP contribution in [0.15, 0.2) is 12.1 Å². The highest BCUT2D eigenvalue weighted by Crippen LogP contribution is 2.42.